The first-order valence-corrected chi connectivity index (χ1v) is 11.4. The Kier molecular flexibility index (Phi) is 4.61. The smallest absolute Gasteiger partial charge is 0.228 e. The van der Waals surface area contributed by atoms with E-state index in [1.165, 1.54) is 19.3 Å². The number of anilines is 1. The van der Waals surface area contributed by atoms with E-state index >= 15 is 0 Å². The first-order valence-electron chi connectivity index (χ1n) is 10.6. The van der Waals surface area contributed by atoms with Gasteiger partial charge in [0.2, 0.25) is 11.8 Å². The molecule has 0 unspecified atom stereocenters. The van der Waals surface area contributed by atoms with E-state index in [1.54, 1.807) is 0 Å². The van der Waals surface area contributed by atoms with Crippen LogP contribution in [0.15, 0.2) is 40.9 Å². The van der Waals surface area contributed by atoms with Gasteiger partial charge in [0.15, 0.2) is 0 Å². The molecule has 0 aliphatic heterocycles. The molecule has 0 saturated heterocycles. The van der Waals surface area contributed by atoms with Crippen molar-refractivity contribution in [2.24, 2.45) is 29.1 Å². The van der Waals surface area contributed by atoms with E-state index in [1.807, 2.05) is 24.3 Å². The lowest BCUT2D eigenvalue weighted by Gasteiger charge is -2.29. The van der Waals surface area contributed by atoms with E-state index in [-0.39, 0.29) is 46.9 Å². The molecule has 2 bridgehead atoms. The highest BCUT2D eigenvalue weighted by Gasteiger charge is 2.69. The highest BCUT2D eigenvalue weighted by molar-refractivity contribution is 9.10. The molecular formula is C23H27BrN2O2. The van der Waals surface area contributed by atoms with Crippen LogP contribution < -0.4 is 10.6 Å². The Bertz CT molecular complexity index is 808. The van der Waals surface area contributed by atoms with Gasteiger partial charge in [-0.15, -0.1) is 0 Å². The third-order valence-electron chi connectivity index (χ3n) is 7.51. The number of halogens is 1. The monoisotopic (exact) mass is 442 g/mol. The van der Waals surface area contributed by atoms with Crippen molar-refractivity contribution in [3.63, 3.8) is 0 Å². The summed E-state index contributed by atoms with van der Waals surface area (Å²) in [4.78, 5) is 26.6. The number of hydrogen-bond acceptors (Lipinski definition) is 2. The number of rotatable bonds is 4. The molecule has 5 rings (SSSR count). The van der Waals surface area contributed by atoms with E-state index in [4.69, 9.17) is 0 Å². The quantitative estimate of drug-likeness (QED) is 0.665. The molecule has 4 nitrogen and oxygen atoms in total. The molecule has 0 heterocycles. The minimum atomic E-state index is -0.260. The van der Waals surface area contributed by atoms with Crippen LogP contribution in [0.25, 0.3) is 0 Å². The minimum absolute atomic E-state index is 0.00533. The number of carbonyl (C=O) groups excluding carboxylic acids is 2. The summed E-state index contributed by atoms with van der Waals surface area (Å²) in [5, 5.41) is 6.38. The molecule has 4 aliphatic carbocycles. The second-order valence-electron chi connectivity index (χ2n) is 9.06. The van der Waals surface area contributed by atoms with Gasteiger partial charge in [-0.05, 0) is 67.2 Å². The molecule has 0 radical (unpaired) electrons. The molecular weight excluding hydrogens is 416 g/mol. The summed E-state index contributed by atoms with van der Waals surface area (Å²) in [6.45, 7) is 0. The Labute approximate surface area is 174 Å². The van der Waals surface area contributed by atoms with Crippen molar-refractivity contribution in [2.45, 2.75) is 51.0 Å². The van der Waals surface area contributed by atoms with E-state index in [0.29, 0.717) is 0 Å². The van der Waals surface area contributed by atoms with Gasteiger partial charge >= 0.3 is 0 Å². The summed E-state index contributed by atoms with van der Waals surface area (Å²) in [6.07, 6.45) is 12.5. The van der Waals surface area contributed by atoms with Crippen LogP contribution in [-0.4, -0.2) is 17.9 Å². The molecule has 4 atom stereocenters. The standard InChI is InChI=1S/C23H27BrN2O2/c24-14-6-8-16(9-7-14)26-22(28)20-18-11-10-17(23(18)12-13-23)19(20)21(27)25-15-4-2-1-3-5-15/h6-11,15,17-20H,1-5,12-13H2,(H,25,27)(H,26,28)/t17-,18+,19-,20-/m1/s1. The van der Waals surface area contributed by atoms with Crippen molar-refractivity contribution in [3.05, 3.63) is 40.9 Å². The summed E-state index contributed by atoms with van der Waals surface area (Å²) < 4.78 is 0.982. The zero-order valence-electron chi connectivity index (χ0n) is 16.0. The fraction of sp³-hybridized carbons (Fsp3) is 0.565. The van der Waals surface area contributed by atoms with Crippen molar-refractivity contribution < 1.29 is 9.59 Å². The maximum atomic E-state index is 13.3. The fourth-order valence-corrected chi connectivity index (χ4v) is 6.28. The number of carbonyl (C=O) groups is 2. The number of benzene rings is 1. The number of allylic oxidation sites excluding steroid dienone is 2. The summed E-state index contributed by atoms with van der Waals surface area (Å²) >= 11 is 3.43. The first kappa shape index (κ1) is 18.4. The minimum Gasteiger partial charge on any atom is -0.353 e. The number of nitrogens with one attached hydrogen (secondary N) is 2. The van der Waals surface area contributed by atoms with Gasteiger partial charge in [-0.3, -0.25) is 9.59 Å². The maximum Gasteiger partial charge on any atom is 0.228 e. The second kappa shape index (κ2) is 7.01. The predicted octanol–water partition coefficient (Wildman–Crippen LogP) is 4.66. The molecule has 1 aromatic carbocycles. The van der Waals surface area contributed by atoms with Crippen LogP contribution in [0, 0.1) is 29.1 Å². The average molecular weight is 443 g/mol. The molecule has 2 N–H and O–H groups in total. The Morgan fingerprint density at radius 3 is 2.11 bits per heavy atom. The molecule has 3 fully saturated rings. The Morgan fingerprint density at radius 1 is 0.893 bits per heavy atom. The lowest BCUT2D eigenvalue weighted by Crippen LogP contribution is -2.46. The highest BCUT2D eigenvalue weighted by atomic mass is 79.9. The van der Waals surface area contributed by atoms with Gasteiger partial charge in [-0.1, -0.05) is 47.3 Å². The molecule has 1 aromatic rings. The van der Waals surface area contributed by atoms with Crippen molar-refractivity contribution in [1.29, 1.82) is 0 Å². The Morgan fingerprint density at radius 2 is 1.50 bits per heavy atom. The van der Waals surface area contributed by atoms with E-state index in [0.717, 1.165) is 35.8 Å². The lowest BCUT2D eigenvalue weighted by atomic mass is 9.81. The van der Waals surface area contributed by atoms with Crippen LogP contribution >= 0.6 is 15.9 Å². The van der Waals surface area contributed by atoms with Crippen molar-refractivity contribution in [1.82, 2.24) is 5.32 Å². The molecule has 1 spiro atoms. The zero-order valence-corrected chi connectivity index (χ0v) is 17.6. The van der Waals surface area contributed by atoms with Crippen LogP contribution in [-0.2, 0) is 9.59 Å². The first-order chi connectivity index (χ1) is 13.6. The zero-order chi connectivity index (χ0) is 19.3. The summed E-state index contributed by atoms with van der Waals surface area (Å²) in [7, 11) is 0. The van der Waals surface area contributed by atoms with Gasteiger partial charge in [-0.2, -0.15) is 0 Å². The average Bonchev–Trinajstić information content (AvgIpc) is 3.37. The Hall–Kier alpha value is -1.62. The van der Waals surface area contributed by atoms with Crippen molar-refractivity contribution >= 4 is 33.4 Å². The topological polar surface area (TPSA) is 58.2 Å². The normalized spacial score (nSPS) is 32.5. The van der Waals surface area contributed by atoms with Crippen molar-refractivity contribution in [3.8, 4) is 0 Å². The molecule has 0 aromatic heterocycles. The summed E-state index contributed by atoms with van der Waals surface area (Å²) in [6, 6.07) is 7.93. The van der Waals surface area contributed by atoms with Crippen LogP contribution in [0.3, 0.4) is 0 Å². The predicted molar refractivity (Wildman–Crippen MR) is 113 cm³/mol. The van der Waals surface area contributed by atoms with Crippen LogP contribution in [0.2, 0.25) is 0 Å². The largest absolute Gasteiger partial charge is 0.353 e. The van der Waals surface area contributed by atoms with E-state index in [9.17, 15) is 9.59 Å². The van der Waals surface area contributed by atoms with Gasteiger partial charge in [0.05, 0.1) is 11.8 Å². The van der Waals surface area contributed by atoms with Gasteiger partial charge in [0.1, 0.15) is 0 Å². The number of amides is 2. The summed E-state index contributed by atoms with van der Waals surface area (Å²) in [5.41, 5.74) is 0.965. The third kappa shape index (κ3) is 3.02. The van der Waals surface area contributed by atoms with Crippen molar-refractivity contribution in [2.75, 3.05) is 5.32 Å². The molecule has 4 aliphatic rings. The Balaban J connectivity index is 1.36. The van der Waals surface area contributed by atoms with E-state index < -0.39 is 0 Å². The van der Waals surface area contributed by atoms with Gasteiger partial charge in [0, 0.05) is 16.2 Å². The highest BCUT2D eigenvalue weighted by Crippen LogP contribution is 2.72. The van der Waals surface area contributed by atoms with Crippen LogP contribution in [0.1, 0.15) is 44.9 Å². The second-order valence-corrected chi connectivity index (χ2v) is 9.98. The summed E-state index contributed by atoms with van der Waals surface area (Å²) in [5.74, 6) is 0.0386. The third-order valence-corrected chi connectivity index (χ3v) is 8.04. The van der Waals surface area contributed by atoms with Crippen LogP contribution in [0.4, 0.5) is 5.69 Å². The maximum absolute atomic E-state index is 13.3. The fourth-order valence-electron chi connectivity index (χ4n) is 6.01. The van der Waals surface area contributed by atoms with Gasteiger partial charge in [-0.25, -0.2) is 0 Å². The van der Waals surface area contributed by atoms with Crippen LogP contribution in [0.5, 0.6) is 0 Å². The van der Waals surface area contributed by atoms with Gasteiger partial charge < -0.3 is 10.6 Å². The van der Waals surface area contributed by atoms with E-state index in [2.05, 4.69) is 38.7 Å². The molecule has 3 saturated carbocycles. The number of hydrogen-bond donors (Lipinski definition) is 2. The molecule has 28 heavy (non-hydrogen) atoms. The van der Waals surface area contributed by atoms with Gasteiger partial charge in [0.25, 0.3) is 0 Å². The molecule has 148 valence electrons. The SMILES string of the molecule is O=C(NC1CCCCC1)[C@H]1[C@H](C(=O)Nc2ccc(Br)cc2)[C@@H]2C=C[C@H]1C21CC1. The lowest BCUT2D eigenvalue weighted by molar-refractivity contribution is -0.133. The molecule has 2 amide bonds. The molecule has 5 heteroatoms.